The molecule has 0 aromatic heterocycles. The van der Waals surface area contributed by atoms with Gasteiger partial charge in [0.15, 0.2) is 0 Å². The number of halogens is 1. The molecule has 1 aliphatic rings. The Bertz CT molecular complexity index is 451. The first-order chi connectivity index (χ1) is 9.63. The maximum absolute atomic E-state index is 11.0. The zero-order valence-corrected chi connectivity index (χ0v) is 14.6. The molecule has 20 heavy (non-hydrogen) atoms. The van der Waals surface area contributed by atoms with Crippen molar-refractivity contribution in [1.29, 1.82) is 0 Å². The second-order valence-corrected chi connectivity index (χ2v) is 7.22. The van der Waals surface area contributed by atoms with Crippen LogP contribution in [0.15, 0.2) is 36.4 Å². The molecule has 1 aliphatic carbocycles. The van der Waals surface area contributed by atoms with E-state index in [2.05, 4.69) is 72.9 Å². The maximum Gasteiger partial charge on any atom is 0.0702 e. The fourth-order valence-electron chi connectivity index (χ4n) is 3.34. The van der Waals surface area contributed by atoms with Gasteiger partial charge in [-0.15, -0.1) is 0 Å². The minimum atomic E-state index is -0.260. The first-order valence-electron chi connectivity index (χ1n) is 7.73. The van der Waals surface area contributed by atoms with Gasteiger partial charge in [-0.25, -0.2) is 0 Å². The monoisotopic (exact) mass is 384 g/mol. The van der Waals surface area contributed by atoms with Crippen LogP contribution in [-0.4, -0.2) is 11.2 Å². The van der Waals surface area contributed by atoms with E-state index in [1.807, 2.05) is 0 Å². The quantitative estimate of drug-likeness (QED) is 0.541. The zero-order valence-electron chi connectivity index (χ0n) is 12.5. The summed E-state index contributed by atoms with van der Waals surface area (Å²) < 4.78 is 1.24. The summed E-state index contributed by atoms with van der Waals surface area (Å²) >= 11 is 2.32. The van der Waals surface area contributed by atoms with E-state index >= 15 is 0 Å². The SMILES string of the molecule is CCCCC1(CC)CC=CC(c2ccc(I)cc2)C1O. The molecule has 110 valence electrons. The Labute approximate surface area is 136 Å². The molecular weight excluding hydrogens is 359 g/mol. The summed E-state index contributed by atoms with van der Waals surface area (Å²) in [4.78, 5) is 0. The van der Waals surface area contributed by atoms with Crippen molar-refractivity contribution in [3.63, 3.8) is 0 Å². The van der Waals surface area contributed by atoms with Gasteiger partial charge in [0.05, 0.1) is 6.10 Å². The van der Waals surface area contributed by atoms with Crippen molar-refractivity contribution in [3.05, 3.63) is 45.6 Å². The van der Waals surface area contributed by atoms with Gasteiger partial charge in [0.1, 0.15) is 0 Å². The van der Waals surface area contributed by atoms with Crippen LogP contribution in [0.4, 0.5) is 0 Å². The Morgan fingerprint density at radius 1 is 1.25 bits per heavy atom. The van der Waals surface area contributed by atoms with Gasteiger partial charge >= 0.3 is 0 Å². The number of rotatable bonds is 5. The molecule has 0 spiro atoms. The van der Waals surface area contributed by atoms with Crippen LogP contribution >= 0.6 is 22.6 Å². The summed E-state index contributed by atoms with van der Waals surface area (Å²) in [5, 5.41) is 11.0. The highest BCUT2D eigenvalue weighted by atomic mass is 127. The van der Waals surface area contributed by atoms with Crippen LogP contribution < -0.4 is 0 Å². The van der Waals surface area contributed by atoms with Crippen molar-refractivity contribution in [2.24, 2.45) is 5.41 Å². The normalized spacial score (nSPS) is 29.6. The van der Waals surface area contributed by atoms with Crippen LogP contribution in [0.25, 0.3) is 0 Å². The summed E-state index contributed by atoms with van der Waals surface area (Å²) in [5.74, 6) is 0.151. The van der Waals surface area contributed by atoms with Crippen molar-refractivity contribution in [3.8, 4) is 0 Å². The molecule has 0 saturated carbocycles. The van der Waals surface area contributed by atoms with E-state index in [4.69, 9.17) is 0 Å². The average Bonchev–Trinajstić information content (AvgIpc) is 2.48. The Hall–Kier alpha value is -0.350. The molecule has 3 unspecified atom stereocenters. The lowest BCUT2D eigenvalue weighted by molar-refractivity contribution is -0.00202. The molecule has 0 heterocycles. The van der Waals surface area contributed by atoms with E-state index in [-0.39, 0.29) is 17.4 Å². The Balaban J connectivity index is 2.25. The van der Waals surface area contributed by atoms with Crippen LogP contribution in [0.3, 0.4) is 0 Å². The maximum atomic E-state index is 11.0. The molecule has 2 heteroatoms. The fraction of sp³-hybridized carbons (Fsp3) is 0.556. The zero-order chi connectivity index (χ0) is 14.6. The molecule has 0 saturated heterocycles. The number of unbranched alkanes of at least 4 members (excludes halogenated alkanes) is 1. The third kappa shape index (κ3) is 3.28. The van der Waals surface area contributed by atoms with E-state index in [1.165, 1.54) is 22.0 Å². The number of allylic oxidation sites excluding steroid dienone is 1. The first-order valence-corrected chi connectivity index (χ1v) is 8.81. The molecule has 0 fully saturated rings. The van der Waals surface area contributed by atoms with Crippen LogP contribution in [-0.2, 0) is 0 Å². The van der Waals surface area contributed by atoms with E-state index in [0.29, 0.717) is 0 Å². The van der Waals surface area contributed by atoms with Crippen LogP contribution in [0.2, 0.25) is 0 Å². The topological polar surface area (TPSA) is 20.2 Å². The highest BCUT2D eigenvalue weighted by Gasteiger charge is 2.41. The third-order valence-electron chi connectivity index (χ3n) is 4.82. The van der Waals surface area contributed by atoms with E-state index in [9.17, 15) is 5.11 Å². The summed E-state index contributed by atoms with van der Waals surface area (Å²) in [7, 11) is 0. The fourth-order valence-corrected chi connectivity index (χ4v) is 3.70. The molecule has 2 rings (SSSR count). The minimum Gasteiger partial charge on any atom is -0.392 e. The largest absolute Gasteiger partial charge is 0.392 e. The smallest absolute Gasteiger partial charge is 0.0702 e. The average molecular weight is 384 g/mol. The van der Waals surface area contributed by atoms with Crippen molar-refractivity contribution in [1.82, 2.24) is 0 Å². The minimum absolute atomic E-state index is 0.0679. The number of hydrogen-bond acceptors (Lipinski definition) is 1. The van der Waals surface area contributed by atoms with Gasteiger partial charge in [-0.05, 0) is 59.5 Å². The summed E-state index contributed by atoms with van der Waals surface area (Å²) in [6, 6.07) is 8.58. The van der Waals surface area contributed by atoms with Gasteiger partial charge in [-0.2, -0.15) is 0 Å². The van der Waals surface area contributed by atoms with Gasteiger partial charge in [0.25, 0.3) is 0 Å². The Morgan fingerprint density at radius 3 is 2.55 bits per heavy atom. The standard InChI is InChI=1S/C18H25IO/c1-3-5-12-18(4-2)13-6-7-16(17(18)20)14-8-10-15(19)11-9-14/h6-11,16-17,20H,3-5,12-13H2,1-2H3. The molecular formula is C18H25IO. The molecule has 0 bridgehead atoms. The Kier molecular flexibility index (Phi) is 5.67. The van der Waals surface area contributed by atoms with Crippen LogP contribution in [0.1, 0.15) is 57.4 Å². The van der Waals surface area contributed by atoms with Crippen LogP contribution in [0.5, 0.6) is 0 Å². The van der Waals surface area contributed by atoms with Crippen LogP contribution in [0, 0.1) is 8.99 Å². The molecule has 0 aliphatic heterocycles. The van der Waals surface area contributed by atoms with Crippen molar-refractivity contribution >= 4 is 22.6 Å². The van der Waals surface area contributed by atoms with Gasteiger partial charge in [0.2, 0.25) is 0 Å². The lowest BCUT2D eigenvalue weighted by atomic mass is 9.65. The number of benzene rings is 1. The second kappa shape index (κ2) is 7.08. The lowest BCUT2D eigenvalue weighted by Gasteiger charge is -2.43. The molecule has 3 atom stereocenters. The highest BCUT2D eigenvalue weighted by molar-refractivity contribution is 14.1. The molecule has 1 aromatic rings. The van der Waals surface area contributed by atoms with Crippen molar-refractivity contribution < 1.29 is 5.11 Å². The summed E-state index contributed by atoms with van der Waals surface area (Å²) in [5.41, 5.74) is 1.31. The lowest BCUT2D eigenvalue weighted by Crippen LogP contribution is -2.40. The second-order valence-electron chi connectivity index (χ2n) is 5.97. The van der Waals surface area contributed by atoms with Gasteiger partial charge in [0, 0.05) is 14.9 Å². The van der Waals surface area contributed by atoms with E-state index in [1.54, 1.807) is 0 Å². The predicted molar refractivity (Wildman–Crippen MR) is 93.9 cm³/mol. The van der Waals surface area contributed by atoms with Gasteiger partial charge < -0.3 is 5.11 Å². The third-order valence-corrected chi connectivity index (χ3v) is 5.54. The van der Waals surface area contributed by atoms with Crippen molar-refractivity contribution in [2.45, 2.75) is 58.0 Å². The number of aliphatic hydroxyl groups is 1. The first kappa shape index (κ1) is 16.0. The molecule has 0 radical (unpaired) electrons. The van der Waals surface area contributed by atoms with E-state index < -0.39 is 0 Å². The number of aliphatic hydroxyl groups excluding tert-OH is 1. The summed E-state index contributed by atoms with van der Waals surface area (Å²) in [6.07, 6.45) is 9.84. The van der Waals surface area contributed by atoms with Gasteiger partial charge in [-0.3, -0.25) is 0 Å². The van der Waals surface area contributed by atoms with Crippen molar-refractivity contribution in [2.75, 3.05) is 0 Å². The summed E-state index contributed by atoms with van der Waals surface area (Å²) in [6.45, 7) is 4.45. The molecule has 1 aromatic carbocycles. The van der Waals surface area contributed by atoms with E-state index in [0.717, 1.165) is 19.3 Å². The number of hydrogen-bond donors (Lipinski definition) is 1. The highest BCUT2D eigenvalue weighted by Crippen LogP contribution is 2.46. The molecule has 1 nitrogen and oxygen atoms in total. The Morgan fingerprint density at radius 2 is 1.95 bits per heavy atom. The molecule has 0 amide bonds. The molecule has 1 N–H and O–H groups in total. The predicted octanol–water partition coefficient (Wildman–Crippen LogP) is 5.28. The van der Waals surface area contributed by atoms with Gasteiger partial charge in [-0.1, -0.05) is 51.0 Å².